The monoisotopic (exact) mass is 278 g/mol. The molecule has 4 nitrogen and oxygen atoms in total. The van der Waals surface area contributed by atoms with Crippen LogP contribution in [0, 0.1) is 0 Å². The number of benzene rings is 1. The number of methoxy groups -OCH3 is 1. The highest BCUT2D eigenvalue weighted by molar-refractivity contribution is 5.86. The van der Waals surface area contributed by atoms with Gasteiger partial charge < -0.3 is 14.2 Å². The third kappa shape index (κ3) is 6.95. The molecule has 110 valence electrons. The molecule has 0 saturated carbocycles. The van der Waals surface area contributed by atoms with Gasteiger partial charge in [0.05, 0.1) is 13.7 Å². The predicted octanol–water partition coefficient (Wildman–Crippen LogP) is 3.42. The lowest BCUT2D eigenvalue weighted by Gasteiger charge is -2.03. The normalized spacial score (nSPS) is 10.7. The van der Waals surface area contributed by atoms with Gasteiger partial charge in [-0.15, -0.1) is 0 Å². The van der Waals surface area contributed by atoms with Gasteiger partial charge in [0, 0.05) is 6.08 Å². The molecule has 0 radical (unpaired) electrons. The first-order valence-corrected chi connectivity index (χ1v) is 6.83. The molecule has 0 amide bonds. The maximum Gasteiger partial charge on any atom is 0.332 e. The van der Waals surface area contributed by atoms with E-state index in [4.69, 9.17) is 14.2 Å². The van der Waals surface area contributed by atoms with Crippen LogP contribution in [0.5, 0.6) is 5.75 Å². The van der Waals surface area contributed by atoms with Gasteiger partial charge in [0.2, 0.25) is 0 Å². The number of ether oxygens (including phenoxy) is 3. The molecule has 0 aliphatic carbocycles. The minimum Gasteiger partial charge on any atom is -0.497 e. The number of hydrogen-bond donors (Lipinski definition) is 0. The smallest absolute Gasteiger partial charge is 0.332 e. The molecule has 0 N–H and O–H groups in total. The van der Waals surface area contributed by atoms with E-state index in [1.807, 2.05) is 24.3 Å². The Morgan fingerprint density at radius 2 is 1.95 bits per heavy atom. The van der Waals surface area contributed by atoms with Crippen molar-refractivity contribution in [3.8, 4) is 5.75 Å². The number of esters is 1. The molecule has 0 spiro atoms. The van der Waals surface area contributed by atoms with Crippen molar-refractivity contribution < 1.29 is 19.0 Å². The second-order valence-corrected chi connectivity index (χ2v) is 4.30. The first-order chi connectivity index (χ1) is 9.76. The van der Waals surface area contributed by atoms with Gasteiger partial charge in [-0.3, -0.25) is 0 Å². The Morgan fingerprint density at radius 1 is 1.20 bits per heavy atom. The average molecular weight is 278 g/mol. The predicted molar refractivity (Wildman–Crippen MR) is 78.5 cm³/mol. The highest BCUT2D eigenvalue weighted by atomic mass is 16.7. The molecule has 1 rings (SSSR count). The summed E-state index contributed by atoms with van der Waals surface area (Å²) in [5.41, 5.74) is 0.909. The van der Waals surface area contributed by atoms with Crippen LogP contribution in [0.15, 0.2) is 30.3 Å². The Kier molecular flexibility index (Phi) is 8.15. The summed E-state index contributed by atoms with van der Waals surface area (Å²) in [6, 6.07) is 7.40. The lowest BCUT2D eigenvalue weighted by atomic mass is 10.2. The first-order valence-electron chi connectivity index (χ1n) is 6.83. The van der Waals surface area contributed by atoms with Crippen molar-refractivity contribution in [1.82, 2.24) is 0 Å². The molecular weight excluding hydrogens is 256 g/mol. The summed E-state index contributed by atoms with van der Waals surface area (Å²) in [5.74, 6) is 0.376. The Hall–Kier alpha value is -1.81. The first kappa shape index (κ1) is 16.2. The highest BCUT2D eigenvalue weighted by Gasteiger charge is 1.97. The Labute approximate surface area is 120 Å². The van der Waals surface area contributed by atoms with Crippen LogP contribution < -0.4 is 4.74 Å². The summed E-state index contributed by atoms with van der Waals surface area (Å²) in [6.07, 6.45) is 6.35. The SMILES string of the molecule is CCCCCOCOC(=O)/C=C/c1ccc(OC)cc1. The van der Waals surface area contributed by atoms with E-state index in [0.717, 1.165) is 30.6 Å². The van der Waals surface area contributed by atoms with E-state index in [1.165, 1.54) is 6.08 Å². The molecule has 0 aromatic heterocycles. The number of carbonyl (C=O) groups is 1. The van der Waals surface area contributed by atoms with Crippen LogP contribution in [-0.4, -0.2) is 26.5 Å². The van der Waals surface area contributed by atoms with Crippen molar-refractivity contribution in [1.29, 1.82) is 0 Å². The molecule has 0 unspecified atom stereocenters. The van der Waals surface area contributed by atoms with Crippen molar-refractivity contribution >= 4 is 12.0 Å². The summed E-state index contributed by atoms with van der Waals surface area (Å²) in [4.78, 5) is 11.4. The minimum absolute atomic E-state index is 0.00942. The van der Waals surface area contributed by atoms with Crippen LogP contribution in [0.2, 0.25) is 0 Å². The third-order valence-electron chi connectivity index (χ3n) is 2.70. The molecule has 0 fully saturated rings. The van der Waals surface area contributed by atoms with E-state index < -0.39 is 5.97 Å². The van der Waals surface area contributed by atoms with Crippen LogP contribution >= 0.6 is 0 Å². The Balaban J connectivity index is 2.22. The fourth-order valence-electron chi connectivity index (χ4n) is 1.54. The van der Waals surface area contributed by atoms with E-state index in [0.29, 0.717) is 6.61 Å². The van der Waals surface area contributed by atoms with Gasteiger partial charge in [-0.1, -0.05) is 31.9 Å². The summed E-state index contributed by atoms with van der Waals surface area (Å²) >= 11 is 0. The lowest BCUT2D eigenvalue weighted by Crippen LogP contribution is -2.06. The van der Waals surface area contributed by atoms with Crippen molar-refractivity contribution in [2.24, 2.45) is 0 Å². The zero-order valence-corrected chi connectivity index (χ0v) is 12.1. The Morgan fingerprint density at radius 3 is 2.60 bits per heavy atom. The fourth-order valence-corrected chi connectivity index (χ4v) is 1.54. The summed E-state index contributed by atoms with van der Waals surface area (Å²) in [5, 5.41) is 0. The van der Waals surface area contributed by atoms with Gasteiger partial charge in [0.15, 0.2) is 6.79 Å². The molecule has 1 aromatic rings. The van der Waals surface area contributed by atoms with E-state index >= 15 is 0 Å². The number of carbonyl (C=O) groups excluding carboxylic acids is 1. The van der Waals surface area contributed by atoms with Crippen LogP contribution in [0.3, 0.4) is 0 Å². The minimum atomic E-state index is -0.406. The molecule has 0 atom stereocenters. The lowest BCUT2D eigenvalue weighted by molar-refractivity contribution is -0.150. The average Bonchev–Trinajstić information content (AvgIpc) is 2.49. The van der Waals surface area contributed by atoms with Crippen LogP contribution in [0.1, 0.15) is 31.7 Å². The fraction of sp³-hybridized carbons (Fsp3) is 0.438. The van der Waals surface area contributed by atoms with E-state index in [-0.39, 0.29) is 6.79 Å². The topological polar surface area (TPSA) is 44.8 Å². The summed E-state index contributed by atoms with van der Waals surface area (Å²) < 4.78 is 15.2. The van der Waals surface area contributed by atoms with Gasteiger partial charge in [-0.25, -0.2) is 4.79 Å². The third-order valence-corrected chi connectivity index (χ3v) is 2.70. The molecule has 20 heavy (non-hydrogen) atoms. The van der Waals surface area contributed by atoms with Gasteiger partial charge in [-0.05, 0) is 30.2 Å². The van der Waals surface area contributed by atoms with Crippen LogP contribution in [-0.2, 0) is 14.3 Å². The van der Waals surface area contributed by atoms with Gasteiger partial charge in [-0.2, -0.15) is 0 Å². The second kappa shape index (κ2) is 10.0. The van der Waals surface area contributed by atoms with E-state index in [2.05, 4.69) is 6.92 Å². The quantitative estimate of drug-likeness (QED) is 0.300. The number of hydrogen-bond acceptors (Lipinski definition) is 4. The van der Waals surface area contributed by atoms with Gasteiger partial charge in [0.1, 0.15) is 5.75 Å². The molecule has 4 heteroatoms. The van der Waals surface area contributed by atoms with E-state index in [1.54, 1.807) is 13.2 Å². The maximum atomic E-state index is 11.4. The zero-order chi connectivity index (χ0) is 14.6. The highest BCUT2D eigenvalue weighted by Crippen LogP contribution is 2.12. The van der Waals surface area contributed by atoms with Crippen molar-refractivity contribution in [3.63, 3.8) is 0 Å². The van der Waals surface area contributed by atoms with Crippen LogP contribution in [0.4, 0.5) is 0 Å². The van der Waals surface area contributed by atoms with Gasteiger partial charge in [0.25, 0.3) is 0 Å². The van der Waals surface area contributed by atoms with E-state index in [9.17, 15) is 4.79 Å². The number of unbranched alkanes of at least 4 members (excludes halogenated alkanes) is 2. The van der Waals surface area contributed by atoms with Crippen molar-refractivity contribution in [3.05, 3.63) is 35.9 Å². The molecule has 0 saturated heterocycles. The van der Waals surface area contributed by atoms with Crippen molar-refractivity contribution in [2.45, 2.75) is 26.2 Å². The molecular formula is C16H22O4. The maximum absolute atomic E-state index is 11.4. The van der Waals surface area contributed by atoms with Crippen LogP contribution in [0.25, 0.3) is 6.08 Å². The largest absolute Gasteiger partial charge is 0.497 e. The molecule has 1 aromatic carbocycles. The second-order valence-electron chi connectivity index (χ2n) is 4.30. The number of rotatable bonds is 9. The zero-order valence-electron chi connectivity index (χ0n) is 12.1. The summed E-state index contributed by atoms with van der Waals surface area (Å²) in [7, 11) is 1.61. The van der Waals surface area contributed by atoms with Crippen molar-refractivity contribution in [2.75, 3.05) is 20.5 Å². The molecule has 0 heterocycles. The van der Waals surface area contributed by atoms with Gasteiger partial charge >= 0.3 is 5.97 Å². The summed E-state index contributed by atoms with van der Waals surface area (Å²) in [6.45, 7) is 2.77. The molecule has 0 bridgehead atoms. The standard InChI is InChI=1S/C16H22O4/c1-3-4-5-12-19-13-20-16(17)11-8-14-6-9-15(18-2)10-7-14/h6-11H,3-5,12-13H2,1-2H3/b11-8+. The Bertz CT molecular complexity index is 409. The molecule has 0 aliphatic rings. The molecule has 0 aliphatic heterocycles.